The summed E-state index contributed by atoms with van der Waals surface area (Å²) in [5.41, 5.74) is 4.43. The normalized spacial score (nSPS) is 23.6. The second kappa shape index (κ2) is 26.9. The summed E-state index contributed by atoms with van der Waals surface area (Å²) in [5, 5.41) is 3.17. The molecule has 4 aliphatic rings. The number of carbonyl (C=O) groups excluding carboxylic acids is 3. The van der Waals surface area contributed by atoms with Crippen molar-refractivity contribution in [3.63, 3.8) is 0 Å². The largest absolute Gasteiger partial charge is 0.299 e. The first-order valence-electron chi connectivity index (χ1n) is 27.0. The van der Waals surface area contributed by atoms with Gasteiger partial charge in [0.2, 0.25) is 0 Å². The molecule has 0 heterocycles. The Hall–Kier alpha value is -2.77. The fraction of sp³-hybridized carbons (Fsp3) is 0.547. The van der Waals surface area contributed by atoms with Gasteiger partial charge in [-0.3, -0.25) is 14.4 Å². The van der Waals surface area contributed by atoms with Gasteiger partial charge < -0.3 is 0 Å². The first kappa shape index (κ1) is 63.1. The number of Topliss-reactive ketones (excluding diaryl/α,β-unsaturated/α-hetero) is 3. The minimum Gasteiger partial charge on any atom is -0.299 e. The number of ketones is 3. The first-order chi connectivity index (χ1) is 34.9. The van der Waals surface area contributed by atoms with E-state index in [0.717, 1.165) is 93.7 Å². The molecule has 0 unspecified atom stereocenters. The summed E-state index contributed by atoms with van der Waals surface area (Å²) < 4.78 is 28.2. The van der Waals surface area contributed by atoms with E-state index < -0.39 is 0 Å². The summed E-state index contributed by atoms with van der Waals surface area (Å²) in [6, 6.07) is 21.3. The topological polar surface area (TPSA) is 51.2 Å². The monoisotopic (exact) mass is 1140 g/mol. The van der Waals surface area contributed by atoms with Crippen LogP contribution < -0.4 is 0 Å². The standard InChI is InChI=1S/C17H22ClF.C16H20Cl2O.C16H20ClFO.C15H18Cl2O/c1-11(17(2,3)4)13-6-5-7-14(13)15-9-8-12(18)10-16(15)19;1-16(2,3)15(19)12-6-4-5-11(12)10-7-8-13(17)14(18)9-10;1-16(2,3)15(19)13-6-4-5-11(13)12-8-7-10(17)9-14(12)18;1-9(2)15(18)12-5-3-4-11(12)10-6-7-13(16)14(17)8-10/h8-10,13-14H,1,5-7H2,2-4H3;7-9,11-12H,4-6H2,1-3H3;7-9,11,13H,4-6H2,1-3H3;6-9,11-12H,3-5H2,1-2H3/t13-,14+;11-,12+;11-,13+;11-,12+/m1001/s1. The van der Waals surface area contributed by atoms with Crippen molar-refractivity contribution in [1.82, 2.24) is 0 Å². The molecule has 0 aromatic heterocycles. The molecular weight excluding hydrogens is 1070 g/mol. The summed E-state index contributed by atoms with van der Waals surface area (Å²) in [6.45, 7) is 26.6. The van der Waals surface area contributed by atoms with E-state index in [9.17, 15) is 23.2 Å². The average Bonchev–Trinajstić information content (AvgIpc) is 4.18. The Bertz CT molecular complexity index is 2550. The highest BCUT2D eigenvalue weighted by atomic mass is 35.5. The third-order valence-corrected chi connectivity index (χ3v) is 18.0. The highest BCUT2D eigenvalue weighted by Crippen LogP contribution is 2.50. The van der Waals surface area contributed by atoms with Gasteiger partial charge in [0.15, 0.2) is 0 Å². The van der Waals surface area contributed by atoms with Gasteiger partial charge in [-0.05, 0) is 157 Å². The van der Waals surface area contributed by atoms with E-state index in [1.54, 1.807) is 18.2 Å². The molecule has 4 saturated carbocycles. The van der Waals surface area contributed by atoms with Crippen molar-refractivity contribution < 1.29 is 23.2 Å². The van der Waals surface area contributed by atoms with E-state index in [-0.39, 0.29) is 69.2 Å². The van der Waals surface area contributed by atoms with Crippen molar-refractivity contribution in [1.29, 1.82) is 0 Å². The lowest BCUT2D eigenvalue weighted by Gasteiger charge is -2.31. The van der Waals surface area contributed by atoms with Gasteiger partial charge in [-0.25, -0.2) is 8.78 Å². The lowest BCUT2D eigenvalue weighted by molar-refractivity contribution is -0.131. The molecule has 410 valence electrons. The van der Waals surface area contributed by atoms with E-state index >= 15 is 0 Å². The zero-order chi connectivity index (χ0) is 55.9. The van der Waals surface area contributed by atoms with Crippen LogP contribution in [0, 0.1) is 57.5 Å². The van der Waals surface area contributed by atoms with Gasteiger partial charge >= 0.3 is 0 Å². The van der Waals surface area contributed by atoms with Crippen LogP contribution in [0.5, 0.6) is 0 Å². The van der Waals surface area contributed by atoms with Crippen molar-refractivity contribution in [2.45, 2.75) is 177 Å². The molecule has 0 radical (unpaired) electrons. The second-order valence-electron chi connectivity index (χ2n) is 24.8. The van der Waals surface area contributed by atoms with E-state index in [0.29, 0.717) is 65.0 Å². The number of allylic oxidation sites excluding steroid dienone is 1. The molecule has 75 heavy (non-hydrogen) atoms. The molecule has 0 amide bonds. The summed E-state index contributed by atoms with van der Waals surface area (Å²) in [7, 11) is 0. The molecule has 0 saturated heterocycles. The van der Waals surface area contributed by atoms with E-state index in [4.69, 9.17) is 69.6 Å². The highest BCUT2D eigenvalue weighted by molar-refractivity contribution is 6.42. The Morgan fingerprint density at radius 2 is 0.800 bits per heavy atom. The molecule has 0 bridgehead atoms. The summed E-state index contributed by atoms with van der Waals surface area (Å²) in [4.78, 5) is 37.2. The minimum atomic E-state index is -0.365. The van der Waals surface area contributed by atoms with Crippen LogP contribution in [-0.2, 0) is 14.4 Å². The van der Waals surface area contributed by atoms with Crippen molar-refractivity contribution >= 4 is 87.0 Å². The van der Waals surface area contributed by atoms with Crippen LogP contribution in [0.15, 0.2) is 84.9 Å². The number of carbonyl (C=O) groups is 3. The van der Waals surface area contributed by atoms with Gasteiger partial charge in [-0.15, -0.1) is 0 Å². The van der Waals surface area contributed by atoms with E-state index in [1.807, 2.05) is 97.9 Å². The van der Waals surface area contributed by atoms with Crippen molar-refractivity contribution in [2.24, 2.45) is 45.8 Å². The van der Waals surface area contributed by atoms with Crippen molar-refractivity contribution in [3.8, 4) is 0 Å². The van der Waals surface area contributed by atoms with Crippen molar-refractivity contribution in [3.05, 3.63) is 149 Å². The second-order valence-corrected chi connectivity index (χ2v) is 27.3. The van der Waals surface area contributed by atoms with Crippen LogP contribution in [0.25, 0.3) is 0 Å². The fourth-order valence-corrected chi connectivity index (χ4v) is 12.9. The Morgan fingerprint density at radius 1 is 0.453 bits per heavy atom. The third kappa shape index (κ3) is 16.6. The summed E-state index contributed by atoms with van der Waals surface area (Å²) in [6.07, 6.45) is 12.4. The average molecular weight is 1150 g/mol. The molecule has 4 aliphatic carbocycles. The summed E-state index contributed by atoms with van der Waals surface area (Å²) >= 11 is 35.7. The molecular formula is C64H80Cl6F2O3. The predicted octanol–water partition coefficient (Wildman–Crippen LogP) is 21.5. The molecule has 4 aromatic carbocycles. The van der Waals surface area contributed by atoms with Gasteiger partial charge in [0.05, 0.1) is 20.1 Å². The van der Waals surface area contributed by atoms with Crippen LogP contribution in [0.1, 0.15) is 199 Å². The first-order valence-corrected chi connectivity index (χ1v) is 29.3. The van der Waals surface area contributed by atoms with Gasteiger partial charge in [-0.2, -0.15) is 0 Å². The molecule has 8 rings (SSSR count). The SMILES string of the molecule is C=C([C@H]1CCC[C@@H]1c1ccc(Cl)cc1F)C(C)(C)C.CC(C)(C)C(=O)[C@@H]1CCC[C@H]1c1ccc(Cl)c(Cl)c1.CC(C)(C)C(=O)[C@@H]1CCC[C@H]1c1ccc(Cl)cc1F.CC(C)C(=O)[C@H]1CCC[C@@H]1c1ccc(Cl)c(Cl)c1. The molecule has 11 heteroatoms. The number of hydrogen-bond acceptors (Lipinski definition) is 3. The smallest absolute Gasteiger partial charge is 0.141 e. The van der Waals surface area contributed by atoms with E-state index in [1.165, 1.54) is 17.7 Å². The fourth-order valence-electron chi connectivity index (χ4n) is 12.0. The molecule has 0 N–H and O–H groups in total. The minimum absolute atomic E-state index is 0.00370. The predicted molar refractivity (Wildman–Crippen MR) is 313 cm³/mol. The molecule has 3 nitrogen and oxygen atoms in total. The Morgan fingerprint density at radius 3 is 1.16 bits per heavy atom. The quantitative estimate of drug-likeness (QED) is 0.157. The van der Waals surface area contributed by atoms with Gasteiger partial charge in [0.25, 0.3) is 0 Å². The number of hydrogen-bond donors (Lipinski definition) is 0. The lowest BCUT2D eigenvalue weighted by atomic mass is 9.74. The van der Waals surface area contributed by atoms with Gasteiger partial charge in [0, 0.05) is 44.5 Å². The zero-order valence-electron chi connectivity index (χ0n) is 46.1. The maximum Gasteiger partial charge on any atom is 0.141 e. The molecule has 8 atom stereocenters. The number of benzene rings is 4. The molecule has 4 aromatic rings. The van der Waals surface area contributed by atoms with Crippen LogP contribution in [0.4, 0.5) is 8.78 Å². The Balaban J connectivity index is 0.000000185. The van der Waals surface area contributed by atoms with E-state index in [2.05, 4.69) is 27.4 Å². The van der Waals surface area contributed by atoms with Crippen molar-refractivity contribution in [2.75, 3.05) is 0 Å². The van der Waals surface area contributed by atoms with Gasteiger partial charge in [-0.1, -0.05) is 208 Å². The van der Waals surface area contributed by atoms with Crippen LogP contribution in [0.3, 0.4) is 0 Å². The van der Waals surface area contributed by atoms with Crippen LogP contribution in [0.2, 0.25) is 30.1 Å². The number of halogens is 8. The van der Waals surface area contributed by atoms with Crippen LogP contribution >= 0.6 is 69.6 Å². The molecule has 4 fully saturated rings. The number of rotatable bonds is 9. The van der Waals surface area contributed by atoms with Crippen LogP contribution in [-0.4, -0.2) is 17.3 Å². The Labute approximate surface area is 478 Å². The maximum absolute atomic E-state index is 14.1. The Kier molecular flexibility index (Phi) is 22.6. The molecule has 0 aliphatic heterocycles. The summed E-state index contributed by atoms with van der Waals surface area (Å²) in [5.74, 6) is 2.10. The maximum atomic E-state index is 14.1. The third-order valence-electron chi connectivity index (χ3n) is 16.0. The zero-order valence-corrected chi connectivity index (χ0v) is 50.6. The molecule has 0 spiro atoms. The lowest BCUT2D eigenvalue weighted by Crippen LogP contribution is -2.30. The van der Waals surface area contributed by atoms with Gasteiger partial charge in [0.1, 0.15) is 29.0 Å². The highest BCUT2D eigenvalue weighted by Gasteiger charge is 2.41.